The number of carbonyl (C=O) groups excluding carboxylic acids is 1. The lowest BCUT2D eigenvalue weighted by Crippen LogP contribution is -2.39. The van der Waals surface area contributed by atoms with Crippen molar-refractivity contribution in [3.05, 3.63) is 53.6 Å². The van der Waals surface area contributed by atoms with Gasteiger partial charge in [0, 0.05) is 31.7 Å². The number of hydrogen-bond donors (Lipinski definition) is 0. The van der Waals surface area contributed by atoms with Crippen LogP contribution in [0.5, 0.6) is 0 Å². The van der Waals surface area contributed by atoms with E-state index < -0.39 is 9.84 Å². The molecule has 0 radical (unpaired) electrons. The second-order valence-electron chi connectivity index (χ2n) is 8.31. The number of anilines is 1. The summed E-state index contributed by atoms with van der Waals surface area (Å²) in [5.74, 6) is -0.238. The van der Waals surface area contributed by atoms with Crippen molar-refractivity contribution >= 4 is 42.4 Å². The molecule has 1 aliphatic rings. The lowest BCUT2D eigenvalue weighted by atomic mass is 10.1. The molecule has 0 bridgehead atoms. The lowest BCUT2D eigenvalue weighted by Gasteiger charge is -2.27. The summed E-state index contributed by atoms with van der Waals surface area (Å²) in [6, 6.07) is 12.5. The molecule has 1 fully saturated rings. The highest BCUT2D eigenvalue weighted by Gasteiger charge is 2.24. The summed E-state index contributed by atoms with van der Waals surface area (Å²) in [4.78, 5) is 22.8. The van der Waals surface area contributed by atoms with Crippen molar-refractivity contribution in [2.75, 3.05) is 50.0 Å². The number of nitrogens with zero attached hydrogens (tertiary/aromatic N) is 3. The molecule has 1 aromatic heterocycles. The highest BCUT2D eigenvalue weighted by Crippen LogP contribution is 2.32. The SMILES string of the molecule is CCc1cccc2sc(N(CCCN3CCOCC3)C(=O)c3cccc(S(=O)(=O)CC)c3)nc12. The Labute approximate surface area is 205 Å². The number of benzene rings is 2. The maximum Gasteiger partial charge on any atom is 0.260 e. The molecule has 1 saturated heterocycles. The minimum atomic E-state index is -3.41. The summed E-state index contributed by atoms with van der Waals surface area (Å²) in [5, 5.41) is 0.645. The summed E-state index contributed by atoms with van der Waals surface area (Å²) >= 11 is 1.50. The van der Waals surface area contributed by atoms with E-state index >= 15 is 0 Å². The molecule has 9 heteroatoms. The van der Waals surface area contributed by atoms with Crippen molar-refractivity contribution in [3.63, 3.8) is 0 Å². The van der Waals surface area contributed by atoms with Crippen molar-refractivity contribution in [1.29, 1.82) is 0 Å². The summed E-state index contributed by atoms with van der Waals surface area (Å²) in [5.41, 5.74) is 2.44. The second kappa shape index (κ2) is 10.9. The molecule has 2 heterocycles. The molecular formula is C25H31N3O4S2. The van der Waals surface area contributed by atoms with Crippen LogP contribution in [0.15, 0.2) is 47.4 Å². The Morgan fingerprint density at radius 3 is 2.65 bits per heavy atom. The van der Waals surface area contributed by atoms with Gasteiger partial charge in [0.2, 0.25) is 0 Å². The molecule has 3 aromatic rings. The summed E-state index contributed by atoms with van der Waals surface area (Å²) in [6.45, 7) is 8.33. The van der Waals surface area contributed by atoms with E-state index in [2.05, 4.69) is 17.9 Å². The zero-order valence-electron chi connectivity index (χ0n) is 19.7. The Kier molecular flexibility index (Phi) is 7.98. The number of morpholine rings is 1. The van der Waals surface area contributed by atoms with Crippen molar-refractivity contribution in [1.82, 2.24) is 9.88 Å². The lowest BCUT2D eigenvalue weighted by molar-refractivity contribution is 0.0376. The van der Waals surface area contributed by atoms with Crippen LogP contribution in [-0.4, -0.2) is 69.4 Å². The van der Waals surface area contributed by atoms with E-state index in [1.807, 2.05) is 12.1 Å². The Bertz CT molecular complexity index is 1250. The van der Waals surface area contributed by atoms with Crippen LogP contribution < -0.4 is 4.90 Å². The largest absolute Gasteiger partial charge is 0.379 e. The van der Waals surface area contributed by atoms with Crippen LogP contribution in [0.25, 0.3) is 10.2 Å². The zero-order chi connectivity index (χ0) is 24.1. The molecular weight excluding hydrogens is 470 g/mol. The Morgan fingerprint density at radius 2 is 1.91 bits per heavy atom. The number of thiazole rings is 1. The van der Waals surface area contributed by atoms with Crippen LogP contribution in [-0.2, 0) is 21.0 Å². The van der Waals surface area contributed by atoms with Crippen LogP contribution >= 0.6 is 11.3 Å². The quantitative estimate of drug-likeness (QED) is 0.441. The van der Waals surface area contributed by atoms with Gasteiger partial charge in [0.05, 0.1) is 34.1 Å². The molecule has 182 valence electrons. The van der Waals surface area contributed by atoms with Crippen LogP contribution in [0.2, 0.25) is 0 Å². The number of ether oxygens (including phenoxy) is 1. The van der Waals surface area contributed by atoms with Gasteiger partial charge in [-0.05, 0) is 42.7 Å². The third kappa shape index (κ3) is 5.49. The smallest absolute Gasteiger partial charge is 0.260 e. The summed E-state index contributed by atoms with van der Waals surface area (Å²) < 4.78 is 31.3. The topological polar surface area (TPSA) is 79.8 Å². The Morgan fingerprint density at radius 1 is 1.15 bits per heavy atom. The first-order valence-corrected chi connectivity index (χ1v) is 14.2. The van der Waals surface area contributed by atoms with Gasteiger partial charge in [0.15, 0.2) is 15.0 Å². The Hall–Kier alpha value is -2.33. The molecule has 34 heavy (non-hydrogen) atoms. The predicted octanol–water partition coefficient (Wildman–Crippen LogP) is 4.02. The third-order valence-electron chi connectivity index (χ3n) is 6.13. The molecule has 0 N–H and O–H groups in total. The van der Waals surface area contributed by atoms with Gasteiger partial charge in [0.1, 0.15) is 0 Å². The molecule has 0 unspecified atom stereocenters. The number of amides is 1. The van der Waals surface area contributed by atoms with Crippen LogP contribution in [0.3, 0.4) is 0 Å². The first-order chi connectivity index (χ1) is 16.4. The average Bonchev–Trinajstić information content (AvgIpc) is 3.31. The van der Waals surface area contributed by atoms with Gasteiger partial charge in [-0.2, -0.15) is 0 Å². The molecule has 0 aliphatic carbocycles. The van der Waals surface area contributed by atoms with E-state index in [4.69, 9.17) is 9.72 Å². The maximum absolute atomic E-state index is 13.7. The van der Waals surface area contributed by atoms with E-state index in [1.54, 1.807) is 30.0 Å². The second-order valence-corrected chi connectivity index (χ2v) is 11.6. The monoisotopic (exact) mass is 501 g/mol. The number of para-hydroxylation sites is 1. The molecule has 7 nitrogen and oxygen atoms in total. The molecule has 1 amide bonds. The fourth-order valence-electron chi connectivity index (χ4n) is 4.10. The van der Waals surface area contributed by atoms with Gasteiger partial charge in [-0.25, -0.2) is 13.4 Å². The van der Waals surface area contributed by atoms with Crippen molar-refractivity contribution < 1.29 is 17.9 Å². The number of sulfone groups is 1. The van der Waals surface area contributed by atoms with Crippen molar-refractivity contribution in [2.24, 2.45) is 0 Å². The van der Waals surface area contributed by atoms with Gasteiger partial charge in [-0.15, -0.1) is 0 Å². The van der Waals surface area contributed by atoms with Gasteiger partial charge in [-0.1, -0.05) is 43.4 Å². The highest BCUT2D eigenvalue weighted by atomic mass is 32.2. The number of fused-ring (bicyclic) bond motifs is 1. The van der Waals surface area contributed by atoms with E-state index in [9.17, 15) is 13.2 Å². The van der Waals surface area contributed by atoms with Gasteiger partial charge in [-0.3, -0.25) is 14.6 Å². The zero-order valence-corrected chi connectivity index (χ0v) is 21.3. The first-order valence-electron chi connectivity index (χ1n) is 11.8. The molecule has 0 saturated carbocycles. The standard InChI is InChI=1S/C25H31N3O4S2/c1-3-19-8-6-11-22-23(19)26-25(33-22)28(13-7-12-27-14-16-32-17-15-27)24(29)20-9-5-10-21(18-20)34(30,31)4-2/h5-6,8-11,18H,3-4,7,12-17H2,1-2H3. The summed E-state index contributed by atoms with van der Waals surface area (Å²) in [7, 11) is -3.41. The van der Waals surface area contributed by atoms with E-state index in [0.717, 1.165) is 61.5 Å². The average molecular weight is 502 g/mol. The number of aromatic nitrogens is 1. The van der Waals surface area contributed by atoms with Gasteiger partial charge >= 0.3 is 0 Å². The van der Waals surface area contributed by atoms with E-state index in [-0.39, 0.29) is 16.6 Å². The molecule has 0 spiro atoms. The molecule has 0 atom stereocenters. The number of carbonyl (C=O) groups is 1. The number of aryl methyl sites for hydroxylation is 1. The minimum Gasteiger partial charge on any atom is -0.379 e. The molecule has 1 aliphatic heterocycles. The van der Waals surface area contributed by atoms with Crippen LogP contribution in [0, 0.1) is 0 Å². The van der Waals surface area contributed by atoms with Crippen molar-refractivity contribution in [2.45, 2.75) is 31.6 Å². The summed E-state index contributed by atoms with van der Waals surface area (Å²) in [6.07, 6.45) is 1.65. The number of rotatable bonds is 9. The predicted molar refractivity (Wildman–Crippen MR) is 137 cm³/mol. The van der Waals surface area contributed by atoms with Gasteiger partial charge < -0.3 is 4.74 Å². The minimum absolute atomic E-state index is 0.00836. The van der Waals surface area contributed by atoms with Gasteiger partial charge in [0.25, 0.3) is 5.91 Å². The maximum atomic E-state index is 13.7. The van der Waals surface area contributed by atoms with E-state index in [0.29, 0.717) is 17.2 Å². The molecule has 2 aromatic carbocycles. The fraction of sp³-hybridized carbons (Fsp3) is 0.440. The highest BCUT2D eigenvalue weighted by molar-refractivity contribution is 7.91. The first kappa shape index (κ1) is 24.8. The number of hydrogen-bond acceptors (Lipinski definition) is 7. The van der Waals surface area contributed by atoms with E-state index in [1.165, 1.54) is 17.4 Å². The van der Waals surface area contributed by atoms with Crippen LogP contribution in [0.4, 0.5) is 5.13 Å². The fourth-order valence-corrected chi connectivity index (χ4v) is 6.06. The van der Waals surface area contributed by atoms with Crippen LogP contribution in [0.1, 0.15) is 36.2 Å². The normalized spacial score (nSPS) is 15.0. The van der Waals surface area contributed by atoms with Crippen molar-refractivity contribution in [3.8, 4) is 0 Å². The molecule has 4 rings (SSSR count). The third-order valence-corrected chi connectivity index (χ3v) is 8.90. The Balaban J connectivity index is 1.64.